The Kier molecular flexibility index (Phi) is 6.38. The van der Waals surface area contributed by atoms with Crippen LogP contribution in [0, 0.1) is 11.3 Å². The Hall–Kier alpha value is -1.69. The molecule has 0 spiro atoms. The maximum Gasteiger partial charge on any atom is 0.252 e. The van der Waals surface area contributed by atoms with Gasteiger partial charge in [0, 0.05) is 19.3 Å². The lowest BCUT2D eigenvalue weighted by molar-refractivity contribution is 0.0681. The standard InChI is InChI=1S/C19H32N4O2/c1-12(2)19(3,4)10-16-15(17(20)24)11-21-18(23-16)22-13-6-8-14(25-5)9-7-13/h11-14H,6-10H2,1-5H3,(H2,20,24)(H,21,22,23). The molecule has 2 rings (SSSR count). The summed E-state index contributed by atoms with van der Waals surface area (Å²) < 4.78 is 5.42. The second-order valence-corrected chi connectivity index (χ2v) is 8.09. The van der Waals surface area contributed by atoms with E-state index in [4.69, 9.17) is 10.5 Å². The molecule has 1 aliphatic rings. The van der Waals surface area contributed by atoms with Crippen LogP contribution in [-0.2, 0) is 11.2 Å². The van der Waals surface area contributed by atoms with E-state index in [1.165, 1.54) is 0 Å². The average Bonchev–Trinajstić information content (AvgIpc) is 2.55. The fraction of sp³-hybridized carbons (Fsp3) is 0.737. The topological polar surface area (TPSA) is 90.1 Å². The highest BCUT2D eigenvalue weighted by Gasteiger charge is 2.27. The molecule has 25 heavy (non-hydrogen) atoms. The van der Waals surface area contributed by atoms with Crippen LogP contribution in [0.15, 0.2) is 6.20 Å². The van der Waals surface area contributed by atoms with E-state index in [2.05, 4.69) is 43.0 Å². The Balaban J connectivity index is 2.15. The van der Waals surface area contributed by atoms with Gasteiger partial charge in [-0.3, -0.25) is 4.79 Å². The largest absolute Gasteiger partial charge is 0.381 e. The number of nitrogens with two attached hydrogens (primary N) is 1. The highest BCUT2D eigenvalue weighted by atomic mass is 16.5. The molecule has 6 nitrogen and oxygen atoms in total. The van der Waals surface area contributed by atoms with Crippen molar-refractivity contribution in [2.75, 3.05) is 12.4 Å². The smallest absolute Gasteiger partial charge is 0.252 e. The van der Waals surface area contributed by atoms with Crippen molar-refractivity contribution in [1.29, 1.82) is 0 Å². The molecule has 1 fully saturated rings. The maximum absolute atomic E-state index is 11.8. The number of carbonyl (C=O) groups is 1. The van der Waals surface area contributed by atoms with Gasteiger partial charge in [0.25, 0.3) is 5.91 Å². The first-order valence-electron chi connectivity index (χ1n) is 9.18. The second kappa shape index (κ2) is 8.13. The number of nitrogens with one attached hydrogen (secondary N) is 1. The van der Waals surface area contributed by atoms with E-state index in [1.807, 2.05) is 0 Å². The highest BCUT2D eigenvalue weighted by molar-refractivity contribution is 5.93. The van der Waals surface area contributed by atoms with Crippen molar-refractivity contribution in [3.8, 4) is 0 Å². The number of hydrogen-bond acceptors (Lipinski definition) is 5. The summed E-state index contributed by atoms with van der Waals surface area (Å²) in [6.45, 7) is 8.73. The van der Waals surface area contributed by atoms with Crippen molar-refractivity contribution in [2.24, 2.45) is 17.1 Å². The Labute approximate surface area is 151 Å². The molecule has 0 aliphatic heterocycles. The molecule has 1 heterocycles. The molecule has 0 unspecified atom stereocenters. The second-order valence-electron chi connectivity index (χ2n) is 8.09. The molecule has 0 bridgehead atoms. The van der Waals surface area contributed by atoms with Gasteiger partial charge in [-0.1, -0.05) is 27.7 Å². The average molecular weight is 348 g/mol. The van der Waals surface area contributed by atoms with Gasteiger partial charge in [-0.25, -0.2) is 9.97 Å². The summed E-state index contributed by atoms with van der Waals surface area (Å²) >= 11 is 0. The van der Waals surface area contributed by atoms with E-state index in [0.717, 1.165) is 31.4 Å². The van der Waals surface area contributed by atoms with Gasteiger partial charge >= 0.3 is 0 Å². The molecule has 3 N–H and O–H groups in total. The van der Waals surface area contributed by atoms with Crippen LogP contribution < -0.4 is 11.1 Å². The predicted octanol–water partition coefficient (Wildman–Crippen LogP) is 3.17. The zero-order valence-electron chi connectivity index (χ0n) is 16.1. The first kappa shape index (κ1) is 19.6. The number of rotatable bonds is 7. The number of aromatic nitrogens is 2. The summed E-state index contributed by atoms with van der Waals surface area (Å²) in [5.74, 6) is 0.575. The lowest BCUT2D eigenvalue weighted by atomic mass is 9.77. The summed E-state index contributed by atoms with van der Waals surface area (Å²) in [5, 5.41) is 3.42. The van der Waals surface area contributed by atoms with Crippen LogP contribution in [0.5, 0.6) is 0 Å². The first-order chi connectivity index (χ1) is 11.7. The number of amides is 1. The van der Waals surface area contributed by atoms with Crippen molar-refractivity contribution in [3.05, 3.63) is 17.5 Å². The zero-order valence-corrected chi connectivity index (χ0v) is 16.1. The maximum atomic E-state index is 11.8. The molecule has 0 atom stereocenters. The van der Waals surface area contributed by atoms with E-state index < -0.39 is 5.91 Å². The van der Waals surface area contributed by atoms with Crippen LogP contribution in [0.2, 0.25) is 0 Å². The van der Waals surface area contributed by atoms with Crippen LogP contribution in [0.4, 0.5) is 5.95 Å². The zero-order chi connectivity index (χ0) is 18.6. The first-order valence-corrected chi connectivity index (χ1v) is 9.18. The van der Waals surface area contributed by atoms with E-state index >= 15 is 0 Å². The number of primary amides is 1. The third-order valence-corrected chi connectivity index (χ3v) is 5.66. The molecule has 140 valence electrons. The minimum absolute atomic E-state index is 0.0202. The molecule has 0 aromatic carbocycles. The summed E-state index contributed by atoms with van der Waals surface area (Å²) in [6, 6.07) is 0.344. The number of methoxy groups -OCH3 is 1. The monoisotopic (exact) mass is 348 g/mol. The van der Waals surface area contributed by atoms with Crippen LogP contribution in [0.1, 0.15) is 69.4 Å². The molecular formula is C19H32N4O2. The summed E-state index contributed by atoms with van der Waals surface area (Å²) in [7, 11) is 1.77. The SMILES string of the molecule is COC1CCC(Nc2ncc(C(N)=O)c(CC(C)(C)C(C)C)n2)CC1. The molecule has 1 aliphatic carbocycles. The van der Waals surface area contributed by atoms with Gasteiger partial charge < -0.3 is 15.8 Å². The Morgan fingerprint density at radius 3 is 2.52 bits per heavy atom. The van der Waals surface area contributed by atoms with Gasteiger partial charge in [-0.2, -0.15) is 0 Å². The fourth-order valence-corrected chi connectivity index (χ4v) is 3.09. The number of anilines is 1. The van der Waals surface area contributed by atoms with Crippen molar-refractivity contribution < 1.29 is 9.53 Å². The van der Waals surface area contributed by atoms with Gasteiger partial charge in [0.15, 0.2) is 0 Å². The Morgan fingerprint density at radius 1 is 1.36 bits per heavy atom. The van der Waals surface area contributed by atoms with E-state index in [1.54, 1.807) is 13.3 Å². The Morgan fingerprint density at radius 2 is 2.00 bits per heavy atom. The molecule has 1 aromatic heterocycles. The van der Waals surface area contributed by atoms with E-state index in [-0.39, 0.29) is 5.41 Å². The van der Waals surface area contributed by atoms with Gasteiger partial charge in [-0.05, 0) is 43.4 Å². The number of ether oxygens (including phenoxy) is 1. The van der Waals surface area contributed by atoms with Crippen molar-refractivity contribution >= 4 is 11.9 Å². The van der Waals surface area contributed by atoms with Crippen LogP contribution in [0.25, 0.3) is 0 Å². The molecular weight excluding hydrogens is 316 g/mol. The van der Waals surface area contributed by atoms with Crippen molar-refractivity contribution in [2.45, 2.75) is 71.9 Å². The summed E-state index contributed by atoms with van der Waals surface area (Å²) in [5.41, 5.74) is 6.69. The fourth-order valence-electron chi connectivity index (χ4n) is 3.09. The van der Waals surface area contributed by atoms with Crippen LogP contribution >= 0.6 is 0 Å². The normalized spacial score (nSPS) is 21.4. The quantitative estimate of drug-likeness (QED) is 0.790. The molecule has 1 aromatic rings. The molecule has 1 amide bonds. The molecule has 0 saturated heterocycles. The van der Waals surface area contributed by atoms with Gasteiger partial charge in [0.1, 0.15) is 0 Å². The lowest BCUT2D eigenvalue weighted by Gasteiger charge is -2.30. The van der Waals surface area contributed by atoms with Crippen LogP contribution in [-0.4, -0.2) is 35.1 Å². The lowest BCUT2D eigenvalue weighted by Crippen LogP contribution is -2.30. The van der Waals surface area contributed by atoms with E-state index in [9.17, 15) is 4.79 Å². The summed E-state index contributed by atoms with van der Waals surface area (Å²) in [4.78, 5) is 20.7. The number of carbonyl (C=O) groups excluding carboxylic acids is 1. The number of hydrogen-bond donors (Lipinski definition) is 2. The third-order valence-electron chi connectivity index (χ3n) is 5.66. The van der Waals surface area contributed by atoms with Gasteiger partial charge in [-0.15, -0.1) is 0 Å². The number of nitrogens with zero attached hydrogens (tertiary/aromatic N) is 2. The van der Waals surface area contributed by atoms with Crippen molar-refractivity contribution in [1.82, 2.24) is 9.97 Å². The van der Waals surface area contributed by atoms with Gasteiger partial charge in [0.2, 0.25) is 5.95 Å². The molecule has 6 heteroatoms. The highest BCUT2D eigenvalue weighted by Crippen LogP contribution is 2.31. The van der Waals surface area contributed by atoms with Gasteiger partial charge in [0.05, 0.1) is 17.4 Å². The minimum Gasteiger partial charge on any atom is -0.381 e. The third kappa shape index (κ3) is 5.14. The Bertz CT molecular complexity index is 593. The molecule has 1 saturated carbocycles. The van der Waals surface area contributed by atoms with Crippen LogP contribution in [0.3, 0.4) is 0 Å². The van der Waals surface area contributed by atoms with E-state index in [0.29, 0.717) is 36.0 Å². The van der Waals surface area contributed by atoms with Crippen molar-refractivity contribution in [3.63, 3.8) is 0 Å². The summed E-state index contributed by atoms with van der Waals surface area (Å²) in [6.07, 6.45) is 6.76. The predicted molar refractivity (Wildman–Crippen MR) is 99.5 cm³/mol. The molecule has 0 radical (unpaired) electrons. The minimum atomic E-state index is -0.471.